The summed E-state index contributed by atoms with van der Waals surface area (Å²) in [6, 6.07) is 14.3. The quantitative estimate of drug-likeness (QED) is 0.469. The molecule has 0 saturated carbocycles. The van der Waals surface area contributed by atoms with E-state index < -0.39 is 0 Å². The van der Waals surface area contributed by atoms with Crippen molar-refractivity contribution in [3.05, 3.63) is 48.0 Å². The Kier molecular flexibility index (Phi) is 2.09. The zero-order valence-electron chi connectivity index (χ0n) is 10.4. The molecular formula is C16H11NOS. The highest BCUT2D eigenvalue weighted by Crippen LogP contribution is 2.40. The van der Waals surface area contributed by atoms with Gasteiger partial charge in [-0.3, -0.25) is 4.79 Å². The third-order valence-electron chi connectivity index (χ3n) is 3.67. The SMILES string of the molecule is Cn1c2ccc(C=O)cc2c2sc3ccccc3c21. The molecule has 0 fully saturated rings. The van der Waals surface area contributed by atoms with Crippen molar-refractivity contribution in [1.82, 2.24) is 4.57 Å². The van der Waals surface area contributed by atoms with Gasteiger partial charge in [0, 0.05) is 33.6 Å². The van der Waals surface area contributed by atoms with E-state index in [9.17, 15) is 4.79 Å². The number of hydrogen-bond donors (Lipinski definition) is 0. The van der Waals surface area contributed by atoms with Crippen molar-refractivity contribution >= 4 is 48.8 Å². The minimum atomic E-state index is 0.734. The van der Waals surface area contributed by atoms with Gasteiger partial charge in [-0.05, 0) is 24.3 Å². The molecule has 2 heterocycles. The summed E-state index contributed by atoms with van der Waals surface area (Å²) < 4.78 is 4.78. The fourth-order valence-electron chi connectivity index (χ4n) is 2.77. The van der Waals surface area contributed by atoms with Crippen LogP contribution in [0.2, 0.25) is 0 Å². The molecule has 0 spiro atoms. The van der Waals surface area contributed by atoms with E-state index in [1.807, 2.05) is 18.2 Å². The number of carbonyl (C=O) groups excluding carboxylic acids is 1. The predicted octanol–water partition coefficient (Wildman–Crippen LogP) is 4.36. The van der Waals surface area contributed by atoms with Gasteiger partial charge in [-0.25, -0.2) is 0 Å². The standard InChI is InChI=1S/C16H11NOS/c1-17-13-7-6-10(9-18)8-12(13)16-15(17)11-4-2-3-5-14(11)19-16/h2-9H,1H3. The van der Waals surface area contributed by atoms with Gasteiger partial charge in [0.1, 0.15) is 6.29 Å². The zero-order chi connectivity index (χ0) is 13.0. The topological polar surface area (TPSA) is 22.0 Å². The third-order valence-corrected chi connectivity index (χ3v) is 4.86. The number of thiophene rings is 1. The van der Waals surface area contributed by atoms with Crippen LogP contribution in [0, 0.1) is 0 Å². The highest BCUT2D eigenvalue weighted by Gasteiger charge is 2.14. The second-order valence-corrected chi connectivity index (χ2v) is 5.78. The number of nitrogens with zero attached hydrogens (tertiary/aromatic N) is 1. The predicted molar refractivity (Wildman–Crippen MR) is 81.2 cm³/mol. The van der Waals surface area contributed by atoms with Crippen LogP contribution in [0.4, 0.5) is 0 Å². The zero-order valence-corrected chi connectivity index (χ0v) is 11.2. The molecular weight excluding hydrogens is 254 g/mol. The second kappa shape index (κ2) is 3.68. The molecule has 0 aliphatic carbocycles. The van der Waals surface area contributed by atoms with Gasteiger partial charge < -0.3 is 4.57 Å². The van der Waals surface area contributed by atoms with Crippen molar-refractivity contribution in [2.75, 3.05) is 0 Å². The van der Waals surface area contributed by atoms with Gasteiger partial charge in [-0.1, -0.05) is 18.2 Å². The number of aldehydes is 1. The molecule has 0 amide bonds. The van der Waals surface area contributed by atoms with Crippen LogP contribution in [-0.2, 0) is 7.05 Å². The Morgan fingerprint density at radius 2 is 1.95 bits per heavy atom. The molecule has 0 unspecified atom stereocenters. The van der Waals surface area contributed by atoms with Gasteiger partial charge >= 0.3 is 0 Å². The maximum absolute atomic E-state index is 11.0. The third kappa shape index (κ3) is 1.33. The minimum Gasteiger partial charge on any atom is -0.342 e. The summed E-state index contributed by atoms with van der Waals surface area (Å²) in [6.45, 7) is 0. The van der Waals surface area contributed by atoms with E-state index in [4.69, 9.17) is 0 Å². The van der Waals surface area contributed by atoms with E-state index in [-0.39, 0.29) is 0 Å². The van der Waals surface area contributed by atoms with Crippen molar-refractivity contribution in [2.24, 2.45) is 7.05 Å². The summed E-state index contributed by atoms with van der Waals surface area (Å²) in [5.74, 6) is 0. The highest BCUT2D eigenvalue weighted by atomic mass is 32.1. The van der Waals surface area contributed by atoms with E-state index in [0.29, 0.717) is 0 Å². The molecule has 0 saturated heterocycles. The Morgan fingerprint density at radius 1 is 1.11 bits per heavy atom. The Balaban J connectivity index is 2.30. The van der Waals surface area contributed by atoms with Crippen molar-refractivity contribution in [2.45, 2.75) is 0 Å². The Bertz CT molecular complexity index is 946. The molecule has 3 heteroatoms. The summed E-state index contributed by atoms with van der Waals surface area (Å²) in [6.07, 6.45) is 0.908. The lowest BCUT2D eigenvalue weighted by Crippen LogP contribution is -1.87. The van der Waals surface area contributed by atoms with E-state index in [2.05, 4.69) is 35.9 Å². The summed E-state index contributed by atoms with van der Waals surface area (Å²) in [7, 11) is 2.09. The normalized spacial score (nSPS) is 11.6. The lowest BCUT2D eigenvalue weighted by Gasteiger charge is -1.99. The molecule has 2 aromatic carbocycles. The lowest BCUT2D eigenvalue weighted by atomic mass is 10.2. The Hall–Kier alpha value is -2.13. The van der Waals surface area contributed by atoms with Crippen molar-refractivity contribution in [3.63, 3.8) is 0 Å². The first kappa shape index (κ1) is 10.8. The monoisotopic (exact) mass is 265 g/mol. The summed E-state index contributed by atoms with van der Waals surface area (Å²) in [4.78, 5) is 11.0. The molecule has 4 aromatic rings. The molecule has 0 bridgehead atoms. The van der Waals surface area contributed by atoms with Crippen molar-refractivity contribution in [3.8, 4) is 0 Å². The number of aryl methyl sites for hydroxylation is 1. The van der Waals surface area contributed by atoms with Gasteiger partial charge in [-0.15, -0.1) is 11.3 Å². The fourth-order valence-corrected chi connectivity index (χ4v) is 4.03. The lowest BCUT2D eigenvalue weighted by molar-refractivity contribution is 0.112. The summed E-state index contributed by atoms with van der Waals surface area (Å²) in [5, 5.41) is 2.46. The van der Waals surface area contributed by atoms with Gasteiger partial charge in [-0.2, -0.15) is 0 Å². The first-order valence-corrected chi connectivity index (χ1v) is 6.96. The average molecular weight is 265 g/mol. The molecule has 0 radical (unpaired) electrons. The van der Waals surface area contributed by atoms with Crippen LogP contribution in [-0.4, -0.2) is 10.9 Å². The van der Waals surface area contributed by atoms with Gasteiger partial charge in [0.2, 0.25) is 0 Å². The first-order chi connectivity index (χ1) is 9.29. The molecule has 0 aliphatic rings. The van der Waals surface area contributed by atoms with E-state index in [0.717, 1.165) is 11.8 Å². The number of hydrogen-bond acceptors (Lipinski definition) is 2. The largest absolute Gasteiger partial charge is 0.342 e. The number of aromatic nitrogens is 1. The molecule has 0 aliphatic heterocycles. The van der Waals surface area contributed by atoms with E-state index in [1.165, 1.54) is 31.2 Å². The number of fused-ring (bicyclic) bond motifs is 5. The molecule has 0 atom stereocenters. The van der Waals surface area contributed by atoms with Crippen LogP contribution in [0.1, 0.15) is 10.4 Å². The number of rotatable bonds is 1. The molecule has 0 N–H and O–H groups in total. The van der Waals surface area contributed by atoms with Crippen molar-refractivity contribution < 1.29 is 4.79 Å². The molecule has 19 heavy (non-hydrogen) atoms. The van der Waals surface area contributed by atoms with E-state index >= 15 is 0 Å². The van der Waals surface area contributed by atoms with Gasteiger partial charge in [0.25, 0.3) is 0 Å². The van der Waals surface area contributed by atoms with E-state index in [1.54, 1.807) is 11.3 Å². The highest BCUT2D eigenvalue weighted by molar-refractivity contribution is 7.26. The van der Waals surface area contributed by atoms with Crippen molar-refractivity contribution in [1.29, 1.82) is 0 Å². The van der Waals surface area contributed by atoms with Crippen LogP contribution >= 0.6 is 11.3 Å². The van der Waals surface area contributed by atoms with Crippen LogP contribution in [0.25, 0.3) is 31.2 Å². The minimum absolute atomic E-state index is 0.734. The molecule has 2 aromatic heterocycles. The maximum atomic E-state index is 11.0. The summed E-state index contributed by atoms with van der Waals surface area (Å²) in [5.41, 5.74) is 3.17. The van der Waals surface area contributed by atoms with Crippen LogP contribution in [0.3, 0.4) is 0 Å². The van der Waals surface area contributed by atoms with Gasteiger partial charge in [0.05, 0.1) is 10.2 Å². The summed E-state index contributed by atoms with van der Waals surface area (Å²) >= 11 is 1.79. The average Bonchev–Trinajstić information content (AvgIpc) is 2.96. The number of carbonyl (C=O) groups is 1. The molecule has 2 nitrogen and oxygen atoms in total. The Morgan fingerprint density at radius 3 is 2.79 bits per heavy atom. The fraction of sp³-hybridized carbons (Fsp3) is 0.0625. The molecule has 4 rings (SSSR count). The maximum Gasteiger partial charge on any atom is 0.150 e. The van der Waals surface area contributed by atoms with Gasteiger partial charge in [0.15, 0.2) is 0 Å². The number of benzene rings is 2. The van der Waals surface area contributed by atoms with Crippen LogP contribution in [0.15, 0.2) is 42.5 Å². The molecule has 92 valence electrons. The van der Waals surface area contributed by atoms with Crippen LogP contribution < -0.4 is 0 Å². The second-order valence-electron chi connectivity index (χ2n) is 4.73. The smallest absolute Gasteiger partial charge is 0.150 e. The first-order valence-electron chi connectivity index (χ1n) is 6.14. The van der Waals surface area contributed by atoms with Crippen LogP contribution in [0.5, 0.6) is 0 Å². The Labute approximate surface area is 113 Å².